The number of hydrogen-bond donors (Lipinski definition) is 1. The van der Waals surface area contributed by atoms with Gasteiger partial charge in [-0.15, -0.1) is 0 Å². The lowest BCUT2D eigenvalue weighted by Crippen LogP contribution is -2.15. The van der Waals surface area contributed by atoms with Crippen LogP contribution in [0.5, 0.6) is 11.5 Å². The molecule has 3 heteroatoms. The summed E-state index contributed by atoms with van der Waals surface area (Å²) in [6.07, 6.45) is 0. The maximum absolute atomic E-state index is 5.97. The third-order valence-electron chi connectivity index (χ3n) is 3.35. The van der Waals surface area contributed by atoms with Crippen molar-refractivity contribution in [2.24, 2.45) is 0 Å². The van der Waals surface area contributed by atoms with Crippen LogP contribution in [0.2, 0.25) is 0 Å². The largest absolute Gasteiger partial charge is 0.496 e. The second-order valence-corrected chi connectivity index (χ2v) is 4.66. The van der Waals surface area contributed by atoms with Gasteiger partial charge in [-0.2, -0.15) is 0 Å². The normalized spacial score (nSPS) is 11.9. The van der Waals surface area contributed by atoms with Crippen molar-refractivity contribution in [2.45, 2.75) is 19.6 Å². The van der Waals surface area contributed by atoms with Gasteiger partial charge in [-0.25, -0.2) is 0 Å². The highest BCUT2D eigenvalue weighted by Crippen LogP contribution is 2.34. The first-order chi connectivity index (χ1) is 9.76. The number of rotatable bonds is 6. The summed E-state index contributed by atoms with van der Waals surface area (Å²) < 4.78 is 11.4. The lowest BCUT2D eigenvalue weighted by atomic mass is 10.1. The first-order valence-electron chi connectivity index (χ1n) is 6.77. The number of hydrogen-bond acceptors (Lipinski definition) is 3. The Morgan fingerprint density at radius 1 is 1.00 bits per heavy atom. The van der Waals surface area contributed by atoms with Crippen molar-refractivity contribution in [2.75, 3.05) is 14.2 Å². The molecule has 0 spiro atoms. The van der Waals surface area contributed by atoms with Gasteiger partial charge in [0.15, 0.2) is 0 Å². The molecule has 0 aliphatic carbocycles. The van der Waals surface area contributed by atoms with Crippen LogP contribution >= 0.6 is 0 Å². The van der Waals surface area contributed by atoms with Gasteiger partial charge in [0, 0.05) is 6.04 Å². The van der Waals surface area contributed by atoms with Crippen LogP contribution in [0.3, 0.4) is 0 Å². The molecule has 0 aliphatic rings. The quantitative estimate of drug-likeness (QED) is 0.871. The molecule has 1 atom stereocenters. The zero-order valence-electron chi connectivity index (χ0n) is 12.2. The molecule has 3 nitrogen and oxygen atoms in total. The molecule has 0 saturated heterocycles. The fraction of sp³-hybridized carbons (Fsp3) is 0.294. The van der Waals surface area contributed by atoms with Gasteiger partial charge in [0.2, 0.25) is 0 Å². The molecule has 2 rings (SSSR count). The Kier molecular flexibility index (Phi) is 5.02. The monoisotopic (exact) mass is 271 g/mol. The van der Waals surface area contributed by atoms with Gasteiger partial charge in [0.1, 0.15) is 18.1 Å². The molecule has 0 radical (unpaired) electrons. The Hall–Kier alpha value is -2.00. The van der Waals surface area contributed by atoms with Crippen LogP contribution in [0, 0.1) is 0 Å². The van der Waals surface area contributed by atoms with Crippen molar-refractivity contribution in [3.05, 3.63) is 59.7 Å². The number of methoxy groups -OCH3 is 1. The minimum Gasteiger partial charge on any atom is -0.496 e. The molecule has 1 unspecified atom stereocenters. The molecule has 0 saturated carbocycles. The maximum atomic E-state index is 5.97. The van der Waals surface area contributed by atoms with Gasteiger partial charge in [0.05, 0.1) is 12.7 Å². The summed E-state index contributed by atoms with van der Waals surface area (Å²) in [5.74, 6) is 1.70. The Morgan fingerprint density at radius 2 is 1.70 bits per heavy atom. The first kappa shape index (κ1) is 14.4. The predicted octanol–water partition coefficient (Wildman–Crippen LogP) is 3.55. The molecule has 0 aromatic heterocycles. The lowest BCUT2D eigenvalue weighted by Gasteiger charge is -2.19. The summed E-state index contributed by atoms with van der Waals surface area (Å²) in [5.41, 5.74) is 2.20. The molecular formula is C17H21NO2. The van der Waals surface area contributed by atoms with Gasteiger partial charge in [-0.05, 0) is 31.7 Å². The molecule has 0 fully saturated rings. The van der Waals surface area contributed by atoms with E-state index in [1.165, 1.54) is 0 Å². The van der Waals surface area contributed by atoms with E-state index in [1.54, 1.807) is 7.11 Å². The third kappa shape index (κ3) is 3.31. The zero-order valence-corrected chi connectivity index (χ0v) is 12.2. The Bertz CT molecular complexity index is 540. The smallest absolute Gasteiger partial charge is 0.128 e. The first-order valence-corrected chi connectivity index (χ1v) is 6.77. The van der Waals surface area contributed by atoms with Crippen molar-refractivity contribution in [1.82, 2.24) is 5.32 Å². The van der Waals surface area contributed by atoms with Crippen LogP contribution < -0.4 is 14.8 Å². The highest BCUT2D eigenvalue weighted by Gasteiger charge is 2.15. The molecule has 106 valence electrons. The average Bonchev–Trinajstić information content (AvgIpc) is 2.52. The van der Waals surface area contributed by atoms with E-state index in [9.17, 15) is 0 Å². The summed E-state index contributed by atoms with van der Waals surface area (Å²) in [6.45, 7) is 2.64. The SMILES string of the molecule is CNC(C)c1c(OC)cccc1OCc1ccccc1. The van der Waals surface area contributed by atoms with Crippen molar-refractivity contribution >= 4 is 0 Å². The topological polar surface area (TPSA) is 30.5 Å². The molecular weight excluding hydrogens is 250 g/mol. The summed E-state index contributed by atoms with van der Waals surface area (Å²) in [4.78, 5) is 0. The Morgan fingerprint density at radius 3 is 2.35 bits per heavy atom. The van der Waals surface area contributed by atoms with E-state index < -0.39 is 0 Å². The second kappa shape index (κ2) is 6.96. The Balaban J connectivity index is 2.22. The van der Waals surface area contributed by atoms with Crippen molar-refractivity contribution in [3.8, 4) is 11.5 Å². The van der Waals surface area contributed by atoms with E-state index >= 15 is 0 Å². The molecule has 0 heterocycles. The van der Waals surface area contributed by atoms with Gasteiger partial charge < -0.3 is 14.8 Å². The van der Waals surface area contributed by atoms with E-state index in [0.717, 1.165) is 22.6 Å². The van der Waals surface area contributed by atoms with Crippen LogP contribution in [0.1, 0.15) is 24.1 Å². The standard InChI is InChI=1S/C17H21NO2/c1-13(18-2)17-15(19-3)10-7-11-16(17)20-12-14-8-5-4-6-9-14/h4-11,13,18H,12H2,1-3H3. The lowest BCUT2D eigenvalue weighted by molar-refractivity contribution is 0.296. The van der Waals surface area contributed by atoms with E-state index in [2.05, 4.69) is 24.4 Å². The fourth-order valence-electron chi connectivity index (χ4n) is 2.13. The van der Waals surface area contributed by atoms with E-state index in [4.69, 9.17) is 9.47 Å². The van der Waals surface area contributed by atoms with Crippen LogP contribution in [0.25, 0.3) is 0 Å². The zero-order chi connectivity index (χ0) is 14.4. The minimum atomic E-state index is 0.164. The third-order valence-corrected chi connectivity index (χ3v) is 3.35. The van der Waals surface area contributed by atoms with Gasteiger partial charge in [0.25, 0.3) is 0 Å². The second-order valence-electron chi connectivity index (χ2n) is 4.66. The van der Waals surface area contributed by atoms with Crippen LogP contribution in [-0.4, -0.2) is 14.2 Å². The van der Waals surface area contributed by atoms with E-state index in [1.807, 2.05) is 43.4 Å². The molecule has 0 bridgehead atoms. The summed E-state index contributed by atoms with van der Waals surface area (Å²) >= 11 is 0. The van der Waals surface area contributed by atoms with Gasteiger partial charge in [-0.3, -0.25) is 0 Å². The Labute approximate surface area is 120 Å². The number of benzene rings is 2. The summed E-state index contributed by atoms with van der Waals surface area (Å²) in [5, 5.41) is 3.23. The molecule has 20 heavy (non-hydrogen) atoms. The predicted molar refractivity (Wildman–Crippen MR) is 81.2 cm³/mol. The molecule has 2 aromatic carbocycles. The molecule has 1 N–H and O–H groups in total. The maximum Gasteiger partial charge on any atom is 0.128 e. The highest BCUT2D eigenvalue weighted by molar-refractivity contribution is 5.46. The molecule has 2 aromatic rings. The van der Waals surface area contributed by atoms with Crippen LogP contribution in [-0.2, 0) is 6.61 Å². The molecule has 0 amide bonds. The van der Waals surface area contributed by atoms with E-state index in [0.29, 0.717) is 6.61 Å². The molecule has 0 aliphatic heterocycles. The summed E-state index contributed by atoms with van der Waals surface area (Å²) in [7, 11) is 3.61. The van der Waals surface area contributed by atoms with Crippen molar-refractivity contribution in [3.63, 3.8) is 0 Å². The fourth-order valence-corrected chi connectivity index (χ4v) is 2.13. The number of nitrogens with one attached hydrogen (secondary N) is 1. The van der Waals surface area contributed by atoms with Crippen LogP contribution in [0.15, 0.2) is 48.5 Å². The minimum absolute atomic E-state index is 0.164. The van der Waals surface area contributed by atoms with Crippen LogP contribution in [0.4, 0.5) is 0 Å². The average molecular weight is 271 g/mol. The van der Waals surface area contributed by atoms with Crippen molar-refractivity contribution in [1.29, 1.82) is 0 Å². The van der Waals surface area contributed by atoms with Gasteiger partial charge in [-0.1, -0.05) is 36.4 Å². The van der Waals surface area contributed by atoms with E-state index in [-0.39, 0.29) is 6.04 Å². The highest BCUT2D eigenvalue weighted by atomic mass is 16.5. The summed E-state index contributed by atoms with van der Waals surface area (Å²) in [6, 6.07) is 16.2. The van der Waals surface area contributed by atoms with Crippen molar-refractivity contribution < 1.29 is 9.47 Å². The number of ether oxygens (including phenoxy) is 2. The van der Waals surface area contributed by atoms with Gasteiger partial charge >= 0.3 is 0 Å².